The normalized spacial score (nSPS) is 12.8. The number of aliphatic hydroxyl groups is 2. The number of ether oxygens (including phenoxy) is 1. The molecule has 0 aliphatic heterocycles. The molecule has 0 aliphatic rings. The number of hydrogen-bond donors (Lipinski definition) is 3. The smallest absolute Gasteiger partial charge is 0.305 e. The molecule has 1 amide bonds. The Morgan fingerprint density at radius 1 is 0.391 bits per heavy atom. The van der Waals surface area contributed by atoms with Crippen molar-refractivity contribution in [3.8, 4) is 0 Å². The summed E-state index contributed by atoms with van der Waals surface area (Å²) >= 11 is 0. The molecule has 0 aromatic heterocycles. The maximum atomic E-state index is 12.4. The van der Waals surface area contributed by atoms with Crippen LogP contribution in [0.2, 0.25) is 0 Å². The lowest BCUT2D eigenvalue weighted by Crippen LogP contribution is -2.45. The summed E-state index contributed by atoms with van der Waals surface area (Å²) in [4.78, 5) is 24.4. The molecule has 6 heteroatoms. The Balaban J connectivity index is 3.34. The van der Waals surface area contributed by atoms with Crippen LogP contribution in [-0.2, 0) is 14.3 Å². The van der Waals surface area contributed by atoms with E-state index in [4.69, 9.17) is 4.74 Å². The first-order valence-electron chi connectivity index (χ1n) is 30.8. The molecule has 6 nitrogen and oxygen atoms in total. The highest BCUT2D eigenvalue weighted by atomic mass is 16.5. The fraction of sp³-hybridized carbons (Fsp3) is 0.873. The number of nitrogens with one attached hydrogen (secondary N) is 1. The van der Waals surface area contributed by atoms with E-state index in [2.05, 4.69) is 43.5 Å². The van der Waals surface area contributed by atoms with Crippen molar-refractivity contribution < 1.29 is 24.5 Å². The summed E-state index contributed by atoms with van der Waals surface area (Å²) in [7, 11) is 0. The number of esters is 1. The molecular weight excluding hydrogens is 851 g/mol. The topological polar surface area (TPSA) is 95.9 Å². The largest absolute Gasteiger partial charge is 0.466 e. The Labute approximate surface area is 430 Å². The number of aliphatic hydroxyl groups excluding tert-OH is 2. The standard InChI is InChI=1S/C63H119NO5/c1-3-5-7-9-11-13-36-41-45-49-53-57-63(68)69-58-54-50-46-42-38-35-33-31-29-27-25-23-21-19-17-15-14-16-18-20-22-24-26-28-30-32-34-37-40-44-48-52-56-62(67)64-60(59-65)61(66)55-51-47-43-39-12-10-8-6-4-2/h9,11,17,19,51,55,60-61,65-66H,3-8,10,12-16,18,20-50,52-54,56-59H2,1-2H3,(H,64,67)/b11-9-,19-17-,55-51+. The average Bonchev–Trinajstić information content (AvgIpc) is 3.35. The molecule has 0 aliphatic carbocycles. The summed E-state index contributed by atoms with van der Waals surface area (Å²) in [6.07, 6.45) is 73.6. The number of rotatable bonds is 57. The van der Waals surface area contributed by atoms with E-state index in [1.165, 1.54) is 257 Å². The number of allylic oxidation sites excluding steroid dienone is 5. The number of carbonyl (C=O) groups is 2. The van der Waals surface area contributed by atoms with E-state index in [-0.39, 0.29) is 18.5 Å². The molecule has 0 rings (SSSR count). The molecule has 0 aromatic rings. The molecule has 0 aromatic carbocycles. The van der Waals surface area contributed by atoms with Crippen molar-refractivity contribution in [1.29, 1.82) is 0 Å². The Morgan fingerprint density at radius 3 is 1.07 bits per heavy atom. The summed E-state index contributed by atoms with van der Waals surface area (Å²) < 4.78 is 5.46. The highest BCUT2D eigenvalue weighted by molar-refractivity contribution is 5.76. The summed E-state index contributed by atoms with van der Waals surface area (Å²) in [6, 6.07) is -0.623. The first-order chi connectivity index (χ1) is 34.0. The van der Waals surface area contributed by atoms with Crippen molar-refractivity contribution in [2.75, 3.05) is 13.2 Å². The number of carbonyl (C=O) groups excluding carboxylic acids is 2. The van der Waals surface area contributed by atoms with Gasteiger partial charge in [0.05, 0.1) is 25.4 Å². The Morgan fingerprint density at radius 2 is 0.696 bits per heavy atom. The van der Waals surface area contributed by atoms with Crippen LogP contribution in [-0.4, -0.2) is 47.4 Å². The van der Waals surface area contributed by atoms with Crippen LogP contribution in [0.3, 0.4) is 0 Å². The predicted octanol–water partition coefficient (Wildman–Crippen LogP) is 19.2. The van der Waals surface area contributed by atoms with Crippen molar-refractivity contribution >= 4 is 11.9 Å². The van der Waals surface area contributed by atoms with Gasteiger partial charge in [-0.1, -0.05) is 275 Å². The highest BCUT2D eigenvalue weighted by Gasteiger charge is 2.18. The third-order valence-electron chi connectivity index (χ3n) is 14.1. The summed E-state index contributed by atoms with van der Waals surface area (Å²) in [5, 5.41) is 22.9. The van der Waals surface area contributed by atoms with Crippen molar-refractivity contribution in [3.05, 3.63) is 36.5 Å². The van der Waals surface area contributed by atoms with Gasteiger partial charge in [-0.3, -0.25) is 9.59 Å². The SMILES string of the molecule is CCCC/C=C\CCCCCCCC(=O)OCCCCCCCCCCCCCC/C=C\CCCCCCCCCCCCCCCCCCC(=O)NC(CO)C(O)/C=C/CCCCCCCCC. The van der Waals surface area contributed by atoms with Gasteiger partial charge in [0.1, 0.15) is 0 Å². The molecular formula is C63H119NO5. The number of amides is 1. The minimum Gasteiger partial charge on any atom is -0.466 e. The lowest BCUT2D eigenvalue weighted by atomic mass is 10.0. The first-order valence-corrected chi connectivity index (χ1v) is 30.8. The van der Waals surface area contributed by atoms with Crippen LogP contribution in [0.15, 0.2) is 36.5 Å². The second-order valence-corrected chi connectivity index (χ2v) is 21.0. The minimum atomic E-state index is -0.840. The highest BCUT2D eigenvalue weighted by Crippen LogP contribution is 2.17. The van der Waals surface area contributed by atoms with Crippen molar-refractivity contribution in [1.82, 2.24) is 5.32 Å². The molecule has 406 valence electrons. The van der Waals surface area contributed by atoms with E-state index in [0.29, 0.717) is 19.4 Å². The lowest BCUT2D eigenvalue weighted by Gasteiger charge is -2.20. The van der Waals surface area contributed by atoms with Gasteiger partial charge in [0.25, 0.3) is 0 Å². The fourth-order valence-electron chi connectivity index (χ4n) is 9.38. The molecule has 0 spiro atoms. The van der Waals surface area contributed by atoms with Gasteiger partial charge in [-0.25, -0.2) is 0 Å². The van der Waals surface area contributed by atoms with E-state index in [0.717, 1.165) is 44.9 Å². The average molecular weight is 971 g/mol. The van der Waals surface area contributed by atoms with Gasteiger partial charge in [0.15, 0.2) is 0 Å². The van der Waals surface area contributed by atoms with Crippen LogP contribution in [0.4, 0.5) is 0 Å². The third-order valence-corrected chi connectivity index (χ3v) is 14.1. The molecule has 0 heterocycles. The zero-order chi connectivity index (χ0) is 50.0. The Kier molecular flexibility index (Phi) is 57.0. The second-order valence-electron chi connectivity index (χ2n) is 21.0. The van der Waals surface area contributed by atoms with Gasteiger partial charge in [-0.15, -0.1) is 0 Å². The Bertz CT molecular complexity index is 1120. The molecule has 0 saturated carbocycles. The van der Waals surface area contributed by atoms with Crippen LogP contribution in [0, 0.1) is 0 Å². The molecule has 69 heavy (non-hydrogen) atoms. The second kappa shape index (κ2) is 58.6. The predicted molar refractivity (Wildman–Crippen MR) is 301 cm³/mol. The molecule has 0 radical (unpaired) electrons. The summed E-state index contributed by atoms with van der Waals surface area (Å²) in [5.41, 5.74) is 0. The zero-order valence-electron chi connectivity index (χ0n) is 46.3. The molecule has 3 N–H and O–H groups in total. The number of hydrogen-bond acceptors (Lipinski definition) is 5. The van der Waals surface area contributed by atoms with Gasteiger partial charge in [0.2, 0.25) is 5.91 Å². The van der Waals surface area contributed by atoms with Crippen LogP contribution in [0.5, 0.6) is 0 Å². The van der Waals surface area contributed by atoms with E-state index >= 15 is 0 Å². The van der Waals surface area contributed by atoms with Crippen molar-refractivity contribution in [2.24, 2.45) is 0 Å². The van der Waals surface area contributed by atoms with E-state index in [1.54, 1.807) is 6.08 Å². The van der Waals surface area contributed by atoms with Gasteiger partial charge in [0, 0.05) is 12.8 Å². The molecule has 0 fully saturated rings. The zero-order valence-corrected chi connectivity index (χ0v) is 46.3. The summed E-state index contributed by atoms with van der Waals surface area (Å²) in [5.74, 6) is -0.0611. The first kappa shape index (κ1) is 67.1. The van der Waals surface area contributed by atoms with Gasteiger partial charge >= 0.3 is 5.97 Å². The van der Waals surface area contributed by atoms with Crippen molar-refractivity contribution in [3.63, 3.8) is 0 Å². The van der Waals surface area contributed by atoms with Gasteiger partial charge in [-0.2, -0.15) is 0 Å². The molecule has 2 atom stereocenters. The van der Waals surface area contributed by atoms with E-state index in [9.17, 15) is 19.8 Å². The molecule has 0 bridgehead atoms. The summed E-state index contributed by atoms with van der Waals surface area (Å²) in [6.45, 7) is 4.85. The van der Waals surface area contributed by atoms with Crippen LogP contribution >= 0.6 is 0 Å². The lowest BCUT2D eigenvalue weighted by molar-refractivity contribution is -0.143. The quantitative estimate of drug-likeness (QED) is 0.0321. The Hall–Kier alpha value is -1.92. The third kappa shape index (κ3) is 55.2. The van der Waals surface area contributed by atoms with Gasteiger partial charge in [-0.05, 0) is 77.0 Å². The van der Waals surface area contributed by atoms with Crippen molar-refractivity contribution in [2.45, 2.75) is 341 Å². The molecule has 2 unspecified atom stereocenters. The monoisotopic (exact) mass is 970 g/mol. The van der Waals surface area contributed by atoms with E-state index < -0.39 is 12.1 Å². The maximum Gasteiger partial charge on any atom is 0.305 e. The van der Waals surface area contributed by atoms with E-state index in [1.807, 2.05) is 6.08 Å². The van der Waals surface area contributed by atoms with Crippen LogP contribution < -0.4 is 5.32 Å². The number of unbranched alkanes of at least 4 members (excludes halogenated alkanes) is 42. The fourth-order valence-corrected chi connectivity index (χ4v) is 9.38. The maximum absolute atomic E-state index is 12.4. The van der Waals surface area contributed by atoms with Crippen LogP contribution in [0.1, 0.15) is 328 Å². The van der Waals surface area contributed by atoms with Gasteiger partial charge < -0.3 is 20.3 Å². The van der Waals surface area contributed by atoms with Crippen LogP contribution in [0.25, 0.3) is 0 Å². The molecule has 0 saturated heterocycles. The minimum absolute atomic E-state index is 0.00647.